The lowest BCUT2D eigenvalue weighted by molar-refractivity contribution is -0.163. The van der Waals surface area contributed by atoms with Crippen molar-refractivity contribution in [2.75, 3.05) is 13.1 Å². The van der Waals surface area contributed by atoms with E-state index >= 15 is 0 Å². The van der Waals surface area contributed by atoms with Gasteiger partial charge in [-0.25, -0.2) is 4.79 Å². The van der Waals surface area contributed by atoms with Crippen LogP contribution in [0.1, 0.15) is 33.6 Å². The number of hydrogen-bond acceptors (Lipinski definition) is 4. The summed E-state index contributed by atoms with van der Waals surface area (Å²) in [6, 6.07) is 0. The number of hydrogen-bond donors (Lipinski definition) is 2. The van der Waals surface area contributed by atoms with Gasteiger partial charge in [-0.2, -0.15) is 0 Å². The van der Waals surface area contributed by atoms with Crippen LogP contribution in [0.4, 0.5) is 4.79 Å². The second kappa shape index (κ2) is 4.52. The molecular weight excluding hydrogens is 224 g/mol. The number of nitrogens with zero attached hydrogens (tertiary/aromatic N) is 1. The van der Waals surface area contributed by atoms with Crippen molar-refractivity contribution in [3.63, 3.8) is 0 Å². The third kappa shape index (κ3) is 3.59. The number of rotatable bonds is 1. The van der Waals surface area contributed by atoms with Crippen LogP contribution in [0.5, 0.6) is 0 Å². The van der Waals surface area contributed by atoms with Crippen LogP contribution in [0.3, 0.4) is 0 Å². The second-order valence-corrected chi connectivity index (χ2v) is 5.43. The van der Waals surface area contributed by atoms with Gasteiger partial charge in [-0.3, -0.25) is 4.79 Å². The number of likely N-dealkylation sites (tertiary alicyclic amines) is 1. The summed E-state index contributed by atoms with van der Waals surface area (Å²) in [5, 5.41) is 8.80. The molecule has 0 atom stereocenters. The molecule has 0 aromatic rings. The molecule has 17 heavy (non-hydrogen) atoms. The highest BCUT2D eigenvalue weighted by Gasteiger charge is 2.41. The molecule has 6 heteroatoms. The van der Waals surface area contributed by atoms with Crippen molar-refractivity contribution in [1.82, 2.24) is 4.90 Å². The van der Waals surface area contributed by atoms with E-state index in [9.17, 15) is 9.59 Å². The van der Waals surface area contributed by atoms with E-state index in [-0.39, 0.29) is 13.1 Å². The van der Waals surface area contributed by atoms with E-state index in [2.05, 4.69) is 0 Å². The van der Waals surface area contributed by atoms with Gasteiger partial charge in [0.05, 0.1) is 0 Å². The summed E-state index contributed by atoms with van der Waals surface area (Å²) in [7, 11) is 0. The van der Waals surface area contributed by atoms with Gasteiger partial charge in [0.1, 0.15) is 11.1 Å². The third-order valence-electron chi connectivity index (χ3n) is 2.73. The first-order chi connectivity index (χ1) is 7.64. The van der Waals surface area contributed by atoms with Crippen LogP contribution in [-0.2, 0) is 9.53 Å². The molecule has 6 nitrogen and oxygen atoms in total. The fraction of sp³-hybridized carbons (Fsp3) is 0.818. The van der Waals surface area contributed by atoms with Gasteiger partial charge in [0.15, 0.2) is 0 Å². The third-order valence-corrected chi connectivity index (χ3v) is 2.73. The number of amides is 1. The summed E-state index contributed by atoms with van der Waals surface area (Å²) in [6.07, 6.45) is -0.376. The summed E-state index contributed by atoms with van der Waals surface area (Å²) in [5.41, 5.74) is 4.35. The van der Waals surface area contributed by atoms with E-state index in [4.69, 9.17) is 15.6 Å². The molecule has 1 rings (SSSR count). The second-order valence-electron chi connectivity index (χ2n) is 5.43. The first-order valence-corrected chi connectivity index (χ1v) is 5.64. The van der Waals surface area contributed by atoms with Crippen molar-refractivity contribution in [1.29, 1.82) is 0 Å². The summed E-state index contributed by atoms with van der Waals surface area (Å²) in [6.45, 7) is 5.87. The molecule has 0 aliphatic carbocycles. The summed E-state index contributed by atoms with van der Waals surface area (Å²) >= 11 is 0. The van der Waals surface area contributed by atoms with Crippen LogP contribution in [0.2, 0.25) is 0 Å². The highest BCUT2D eigenvalue weighted by Crippen LogP contribution is 2.23. The zero-order chi connectivity index (χ0) is 13.3. The van der Waals surface area contributed by atoms with E-state index < -0.39 is 23.2 Å². The Morgan fingerprint density at radius 2 is 1.76 bits per heavy atom. The number of nitrogens with two attached hydrogens (primary N) is 1. The van der Waals surface area contributed by atoms with Crippen LogP contribution in [0, 0.1) is 0 Å². The molecule has 0 saturated carbocycles. The molecule has 0 radical (unpaired) electrons. The van der Waals surface area contributed by atoms with Gasteiger partial charge in [-0.15, -0.1) is 0 Å². The fourth-order valence-corrected chi connectivity index (χ4v) is 1.68. The van der Waals surface area contributed by atoms with Gasteiger partial charge in [-0.05, 0) is 33.6 Å². The Bertz CT molecular complexity index is 314. The summed E-state index contributed by atoms with van der Waals surface area (Å²) in [5.74, 6) is -0.449. The number of piperidine rings is 1. The first kappa shape index (κ1) is 13.8. The first-order valence-electron chi connectivity index (χ1n) is 5.64. The number of carbonyl (C=O) groups excluding carboxylic acids is 1. The highest BCUT2D eigenvalue weighted by atomic mass is 16.6. The standard InChI is InChI=1S/C11H20N2O4/c1-10(2,3)17-8(14)11(12)4-6-13(7-5-11)9(15)16/h4-7,12H2,1-3H3,(H,15,16). The van der Waals surface area contributed by atoms with Gasteiger partial charge < -0.3 is 20.5 Å². The Morgan fingerprint density at radius 1 is 1.29 bits per heavy atom. The van der Waals surface area contributed by atoms with Crippen LogP contribution in [0.25, 0.3) is 0 Å². The Kier molecular flexibility index (Phi) is 3.66. The van der Waals surface area contributed by atoms with Crippen molar-refractivity contribution < 1.29 is 19.4 Å². The molecular formula is C11H20N2O4. The van der Waals surface area contributed by atoms with Gasteiger partial charge in [-0.1, -0.05) is 0 Å². The quantitative estimate of drug-likeness (QED) is 0.665. The van der Waals surface area contributed by atoms with E-state index in [0.29, 0.717) is 12.8 Å². The lowest BCUT2D eigenvalue weighted by Crippen LogP contribution is -2.58. The average molecular weight is 244 g/mol. The predicted octanol–water partition coefficient (Wildman–Crippen LogP) is 0.799. The number of esters is 1. The van der Waals surface area contributed by atoms with Crippen molar-refractivity contribution >= 4 is 12.1 Å². The molecule has 1 fully saturated rings. The van der Waals surface area contributed by atoms with Gasteiger partial charge >= 0.3 is 12.1 Å². The minimum absolute atomic E-state index is 0.269. The van der Waals surface area contributed by atoms with Crippen molar-refractivity contribution in [3.05, 3.63) is 0 Å². The Labute approximate surface area is 101 Å². The molecule has 1 amide bonds. The van der Waals surface area contributed by atoms with Gasteiger partial charge in [0.25, 0.3) is 0 Å². The van der Waals surface area contributed by atoms with E-state index in [1.165, 1.54) is 4.90 Å². The summed E-state index contributed by atoms with van der Waals surface area (Å²) < 4.78 is 5.25. The normalized spacial score (nSPS) is 19.9. The smallest absolute Gasteiger partial charge is 0.407 e. The highest BCUT2D eigenvalue weighted by molar-refractivity contribution is 5.81. The maximum absolute atomic E-state index is 11.9. The largest absolute Gasteiger partial charge is 0.465 e. The molecule has 1 heterocycles. The predicted molar refractivity (Wildman–Crippen MR) is 61.6 cm³/mol. The van der Waals surface area contributed by atoms with E-state index in [1.54, 1.807) is 20.8 Å². The topological polar surface area (TPSA) is 92.9 Å². The van der Waals surface area contributed by atoms with Gasteiger partial charge in [0, 0.05) is 13.1 Å². The van der Waals surface area contributed by atoms with Crippen LogP contribution < -0.4 is 5.73 Å². The number of carbonyl (C=O) groups is 2. The monoisotopic (exact) mass is 244 g/mol. The van der Waals surface area contributed by atoms with Crippen LogP contribution in [0.15, 0.2) is 0 Å². The lowest BCUT2D eigenvalue weighted by atomic mass is 9.88. The average Bonchev–Trinajstić information content (AvgIpc) is 2.15. The molecule has 1 aliphatic heterocycles. The molecule has 0 aromatic carbocycles. The fourth-order valence-electron chi connectivity index (χ4n) is 1.68. The zero-order valence-corrected chi connectivity index (χ0v) is 10.5. The number of carboxylic acid groups (broad SMARTS) is 1. The van der Waals surface area contributed by atoms with Crippen LogP contribution >= 0.6 is 0 Å². The van der Waals surface area contributed by atoms with E-state index in [0.717, 1.165) is 0 Å². The van der Waals surface area contributed by atoms with Crippen molar-refractivity contribution in [2.24, 2.45) is 5.73 Å². The Balaban J connectivity index is 2.60. The van der Waals surface area contributed by atoms with Crippen molar-refractivity contribution in [3.8, 4) is 0 Å². The van der Waals surface area contributed by atoms with Gasteiger partial charge in [0.2, 0.25) is 0 Å². The molecule has 0 unspecified atom stereocenters. The van der Waals surface area contributed by atoms with Crippen LogP contribution in [-0.4, -0.2) is 46.3 Å². The minimum atomic E-state index is -1.06. The molecule has 0 aromatic heterocycles. The lowest BCUT2D eigenvalue weighted by Gasteiger charge is -2.37. The minimum Gasteiger partial charge on any atom is -0.465 e. The molecule has 1 saturated heterocycles. The molecule has 0 spiro atoms. The molecule has 0 bridgehead atoms. The summed E-state index contributed by atoms with van der Waals surface area (Å²) in [4.78, 5) is 23.9. The molecule has 98 valence electrons. The molecule has 1 aliphatic rings. The Morgan fingerprint density at radius 3 is 2.12 bits per heavy atom. The maximum atomic E-state index is 11.9. The van der Waals surface area contributed by atoms with Crippen molar-refractivity contribution in [2.45, 2.75) is 44.8 Å². The zero-order valence-electron chi connectivity index (χ0n) is 10.5. The van der Waals surface area contributed by atoms with E-state index in [1.807, 2.05) is 0 Å². The maximum Gasteiger partial charge on any atom is 0.407 e. The SMILES string of the molecule is CC(C)(C)OC(=O)C1(N)CCN(C(=O)O)CC1. The Hall–Kier alpha value is -1.30. The number of ether oxygens (including phenoxy) is 1. The molecule has 3 N–H and O–H groups in total.